The minimum absolute atomic E-state index is 0.527. The molecule has 2 N–H and O–H groups in total. The number of methoxy groups -OCH3 is 1. The molecule has 0 bridgehead atoms. The molecule has 15 heavy (non-hydrogen) atoms. The number of likely N-dealkylation sites (N-methyl/N-ethyl adjacent to an activating group) is 1. The molecule has 0 radical (unpaired) electrons. The van der Waals surface area contributed by atoms with Crippen molar-refractivity contribution in [3.8, 4) is 5.75 Å². The van der Waals surface area contributed by atoms with Crippen LogP contribution in [0.1, 0.15) is 11.1 Å². The van der Waals surface area contributed by atoms with Crippen molar-refractivity contribution < 1.29 is 4.74 Å². The molecule has 1 aromatic carbocycles. The van der Waals surface area contributed by atoms with E-state index in [0.717, 1.165) is 24.3 Å². The quantitative estimate of drug-likeness (QED) is 0.791. The van der Waals surface area contributed by atoms with E-state index in [9.17, 15) is 0 Å². The van der Waals surface area contributed by atoms with Gasteiger partial charge in [-0.05, 0) is 32.1 Å². The van der Waals surface area contributed by atoms with E-state index >= 15 is 0 Å². The van der Waals surface area contributed by atoms with Crippen LogP contribution in [-0.2, 0) is 13.0 Å². The normalized spacial score (nSPS) is 10.7. The van der Waals surface area contributed by atoms with Crippen molar-refractivity contribution in [2.75, 3.05) is 27.7 Å². The van der Waals surface area contributed by atoms with E-state index < -0.39 is 0 Å². The monoisotopic (exact) mass is 208 g/mol. The summed E-state index contributed by atoms with van der Waals surface area (Å²) >= 11 is 0. The van der Waals surface area contributed by atoms with Crippen LogP contribution in [0.5, 0.6) is 5.75 Å². The van der Waals surface area contributed by atoms with Crippen LogP contribution in [0.3, 0.4) is 0 Å². The molecule has 0 atom stereocenters. The number of nitrogens with two attached hydrogens (primary N) is 1. The molecule has 0 saturated heterocycles. The second-order valence-electron chi connectivity index (χ2n) is 3.90. The van der Waals surface area contributed by atoms with Gasteiger partial charge in [-0.2, -0.15) is 0 Å². The molecule has 0 fully saturated rings. The number of benzene rings is 1. The van der Waals surface area contributed by atoms with Gasteiger partial charge in [0.05, 0.1) is 7.11 Å². The minimum Gasteiger partial charge on any atom is -0.496 e. The molecule has 0 spiro atoms. The standard InChI is InChI=1S/C12H20N2O/c1-14(2)7-6-10-4-5-12(15-3)11(8-10)9-13/h4-5,8H,6-7,9,13H2,1-3H3. The summed E-state index contributed by atoms with van der Waals surface area (Å²) in [6.07, 6.45) is 1.05. The molecule has 0 unspecified atom stereocenters. The lowest BCUT2D eigenvalue weighted by molar-refractivity contribution is 0.407. The average molecular weight is 208 g/mol. The summed E-state index contributed by atoms with van der Waals surface area (Å²) in [6, 6.07) is 6.22. The van der Waals surface area contributed by atoms with Gasteiger partial charge in [0, 0.05) is 18.7 Å². The molecule has 0 heterocycles. The predicted octanol–water partition coefficient (Wildman–Crippen LogP) is 1.26. The first kappa shape index (κ1) is 12.0. The Labute approximate surface area is 91.8 Å². The highest BCUT2D eigenvalue weighted by Crippen LogP contribution is 2.19. The number of hydrogen-bond acceptors (Lipinski definition) is 3. The van der Waals surface area contributed by atoms with Crippen LogP contribution >= 0.6 is 0 Å². The van der Waals surface area contributed by atoms with E-state index in [2.05, 4.69) is 31.1 Å². The van der Waals surface area contributed by atoms with Gasteiger partial charge in [0.25, 0.3) is 0 Å². The van der Waals surface area contributed by atoms with E-state index in [1.54, 1.807) is 7.11 Å². The summed E-state index contributed by atoms with van der Waals surface area (Å²) < 4.78 is 5.23. The molecule has 84 valence electrons. The lowest BCUT2D eigenvalue weighted by Gasteiger charge is -2.12. The Morgan fingerprint density at radius 3 is 2.60 bits per heavy atom. The Bertz CT molecular complexity index is 310. The lowest BCUT2D eigenvalue weighted by atomic mass is 10.1. The van der Waals surface area contributed by atoms with Crippen molar-refractivity contribution in [2.24, 2.45) is 5.73 Å². The van der Waals surface area contributed by atoms with Crippen molar-refractivity contribution >= 4 is 0 Å². The molecule has 0 saturated carbocycles. The summed E-state index contributed by atoms with van der Waals surface area (Å²) in [5.74, 6) is 0.881. The molecular formula is C12H20N2O. The number of nitrogens with zero attached hydrogens (tertiary/aromatic N) is 1. The third-order valence-electron chi connectivity index (χ3n) is 2.41. The maximum absolute atomic E-state index is 5.66. The van der Waals surface area contributed by atoms with Gasteiger partial charge in [-0.25, -0.2) is 0 Å². The molecule has 1 aromatic rings. The molecular weight excluding hydrogens is 188 g/mol. The summed E-state index contributed by atoms with van der Waals surface area (Å²) in [5.41, 5.74) is 8.05. The maximum Gasteiger partial charge on any atom is 0.123 e. The van der Waals surface area contributed by atoms with Crippen LogP contribution in [0.15, 0.2) is 18.2 Å². The summed E-state index contributed by atoms with van der Waals surface area (Å²) in [4.78, 5) is 2.17. The fourth-order valence-electron chi connectivity index (χ4n) is 1.50. The molecule has 0 aliphatic carbocycles. The van der Waals surface area contributed by atoms with Gasteiger partial charge in [-0.15, -0.1) is 0 Å². The Balaban J connectivity index is 2.74. The first-order valence-electron chi connectivity index (χ1n) is 5.18. The summed E-state index contributed by atoms with van der Waals surface area (Å²) in [7, 11) is 5.83. The predicted molar refractivity (Wildman–Crippen MR) is 63.1 cm³/mol. The second kappa shape index (κ2) is 5.73. The Morgan fingerprint density at radius 2 is 2.07 bits per heavy atom. The zero-order valence-corrected chi connectivity index (χ0v) is 9.79. The van der Waals surface area contributed by atoms with E-state index in [4.69, 9.17) is 10.5 Å². The van der Waals surface area contributed by atoms with E-state index in [1.807, 2.05) is 6.07 Å². The van der Waals surface area contributed by atoms with Gasteiger partial charge in [-0.1, -0.05) is 12.1 Å². The molecule has 1 rings (SSSR count). The minimum atomic E-state index is 0.527. The zero-order chi connectivity index (χ0) is 11.3. The van der Waals surface area contributed by atoms with Crippen LogP contribution < -0.4 is 10.5 Å². The topological polar surface area (TPSA) is 38.5 Å². The molecule has 0 aliphatic rings. The number of hydrogen-bond donors (Lipinski definition) is 1. The third-order valence-corrected chi connectivity index (χ3v) is 2.41. The van der Waals surface area contributed by atoms with Crippen molar-refractivity contribution in [2.45, 2.75) is 13.0 Å². The number of ether oxygens (including phenoxy) is 1. The Kier molecular flexibility index (Phi) is 4.59. The van der Waals surface area contributed by atoms with E-state index in [1.165, 1.54) is 5.56 Å². The van der Waals surface area contributed by atoms with E-state index in [0.29, 0.717) is 6.54 Å². The molecule has 3 nitrogen and oxygen atoms in total. The fraction of sp³-hybridized carbons (Fsp3) is 0.500. The van der Waals surface area contributed by atoms with Gasteiger partial charge in [-0.3, -0.25) is 0 Å². The zero-order valence-electron chi connectivity index (χ0n) is 9.79. The highest BCUT2D eigenvalue weighted by atomic mass is 16.5. The van der Waals surface area contributed by atoms with Crippen LogP contribution in [0, 0.1) is 0 Å². The maximum atomic E-state index is 5.66. The summed E-state index contributed by atoms with van der Waals surface area (Å²) in [6.45, 7) is 1.58. The highest BCUT2D eigenvalue weighted by molar-refractivity contribution is 5.37. The molecule has 0 aromatic heterocycles. The Morgan fingerprint density at radius 1 is 1.33 bits per heavy atom. The molecule has 0 amide bonds. The van der Waals surface area contributed by atoms with Gasteiger partial charge in [0.15, 0.2) is 0 Å². The molecule has 3 heteroatoms. The fourth-order valence-corrected chi connectivity index (χ4v) is 1.50. The SMILES string of the molecule is COc1ccc(CCN(C)C)cc1CN. The van der Waals surface area contributed by atoms with Gasteiger partial charge < -0.3 is 15.4 Å². The van der Waals surface area contributed by atoms with Crippen LogP contribution in [0.4, 0.5) is 0 Å². The van der Waals surface area contributed by atoms with Crippen molar-refractivity contribution in [1.29, 1.82) is 0 Å². The van der Waals surface area contributed by atoms with Crippen molar-refractivity contribution in [3.05, 3.63) is 29.3 Å². The van der Waals surface area contributed by atoms with Crippen molar-refractivity contribution in [3.63, 3.8) is 0 Å². The second-order valence-corrected chi connectivity index (χ2v) is 3.90. The summed E-state index contributed by atoms with van der Waals surface area (Å²) in [5, 5.41) is 0. The van der Waals surface area contributed by atoms with Gasteiger partial charge in [0.1, 0.15) is 5.75 Å². The van der Waals surface area contributed by atoms with Gasteiger partial charge in [0.2, 0.25) is 0 Å². The Hall–Kier alpha value is -1.06. The van der Waals surface area contributed by atoms with Gasteiger partial charge >= 0.3 is 0 Å². The smallest absolute Gasteiger partial charge is 0.123 e. The lowest BCUT2D eigenvalue weighted by Crippen LogP contribution is -2.15. The van der Waals surface area contributed by atoms with Crippen LogP contribution in [-0.4, -0.2) is 32.6 Å². The van der Waals surface area contributed by atoms with Crippen LogP contribution in [0.2, 0.25) is 0 Å². The third kappa shape index (κ3) is 3.53. The van der Waals surface area contributed by atoms with Crippen molar-refractivity contribution in [1.82, 2.24) is 4.90 Å². The first-order valence-corrected chi connectivity index (χ1v) is 5.18. The van der Waals surface area contributed by atoms with Crippen LogP contribution in [0.25, 0.3) is 0 Å². The first-order chi connectivity index (χ1) is 7.17. The van der Waals surface area contributed by atoms with E-state index in [-0.39, 0.29) is 0 Å². The number of rotatable bonds is 5. The largest absolute Gasteiger partial charge is 0.496 e. The highest BCUT2D eigenvalue weighted by Gasteiger charge is 2.02. The molecule has 0 aliphatic heterocycles. The average Bonchev–Trinajstić information content (AvgIpc) is 2.25.